The summed E-state index contributed by atoms with van der Waals surface area (Å²) < 4.78 is 24.0. The summed E-state index contributed by atoms with van der Waals surface area (Å²) in [7, 11) is 1.38. The number of methoxy groups -OCH3 is 1. The van der Waals surface area contributed by atoms with Crippen molar-refractivity contribution in [2.75, 3.05) is 13.7 Å². The first kappa shape index (κ1) is 14.2. The molecule has 5 heteroatoms. The second-order valence-corrected chi connectivity index (χ2v) is 5.31. The number of fused-ring (bicyclic) bond motifs is 1. The van der Waals surface area contributed by atoms with E-state index in [4.69, 9.17) is 21.1 Å². The highest BCUT2D eigenvalue weighted by Crippen LogP contribution is 2.39. The lowest BCUT2D eigenvalue weighted by Crippen LogP contribution is -2.03. The van der Waals surface area contributed by atoms with Gasteiger partial charge in [0.2, 0.25) is 0 Å². The Morgan fingerprint density at radius 2 is 2.14 bits per heavy atom. The largest absolute Gasteiger partial charge is 0.494 e. The lowest BCUT2D eigenvalue weighted by atomic mass is 9.98. The van der Waals surface area contributed by atoms with Crippen LogP contribution in [0.2, 0.25) is 5.02 Å². The van der Waals surface area contributed by atoms with Gasteiger partial charge in [-0.05, 0) is 35.4 Å². The van der Waals surface area contributed by atoms with Crippen LogP contribution in [0.3, 0.4) is 0 Å². The molecule has 1 aliphatic rings. The van der Waals surface area contributed by atoms with E-state index in [-0.39, 0.29) is 5.75 Å². The van der Waals surface area contributed by atoms with Crippen LogP contribution in [0.4, 0.5) is 4.39 Å². The molecule has 1 heterocycles. The monoisotopic (exact) mass is 308 g/mol. The van der Waals surface area contributed by atoms with Gasteiger partial charge < -0.3 is 14.6 Å². The van der Waals surface area contributed by atoms with Gasteiger partial charge >= 0.3 is 0 Å². The van der Waals surface area contributed by atoms with Crippen LogP contribution < -0.4 is 9.47 Å². The molecule has 2 aromatic carbocycles. The number of ether oxygens (including phenoxy) is 2. The Labute approximate surface area is 126 Å². The zero-order valence-corrected chi connectivity index (χ0v) is 12.2. The summed E-state index contributed by atoms with van der Waals surface area (Å²) in [5.41, 5.74) is 2.09. The first-order valence-corrected chi connectivity index (χ1v) is 6.94. The van der Waals surface area contributed by atoms with Crippen molar-refractivity contribution >= 4 is 11.6 Å². The van der Waals surface area contributed by atoms with Crippen LogP contribution in [-0.2, 0) is 6.42 Å². The highest BCUT2D eigenvalue weighted by Gasteiger charge is 2.23. The number of hydrogen-bond acceptors (Lipinski definition) is 3. The molecule has 0 bridgehead atoms. The van der Waals surface area contributed by atoms with Crippen molar-refractivity contribution in [1.29, 1.82) is 0 Å². The van der Waals surface area contributed by atoms with Gasteiger partial charge in [-0.15, -0.1) is 0 Å². The van der Waals surface area contributed by atoms with Gasteiger partial charge in [0.1, 0.15) is 11.9 Å². The van der Waals surface area contributed by atoms with Gasteiger partial charge in [-0.3, -0.25) is 0 Å². The fourth-order valence-electron chi connectivity index (χ4n) is 2.53. The molecule has 21 heavy (non-hydrogen) atoms. The maximum Gasteiger partial charge on any atom is 0.165 e. The summed E-state index contributed by atoms with van der Waals surface area (Å²) in [4.78, 5) is 0. The predicted molar refractivity (Wildman–Crippen MR) is 77.7 cm³/mol. The molecule has 0 spiro atoms. The fourth-order valence-corrected chi connectivity index (χ4v) is 2.78. The number of rotatable bonds is 3. The molecule has 0 radical (unpaired) electrons. The second kappa shape index (κ2) is 5.54. The topological polar surface area (TPSA) is 38.7 Å². The Morgan fingerprint density at radius 1 is 1.33 bits per heavy atom. The third-order valence-electron chi connectivity index (χ3n) is 3.56. The van der Waals surface area contributed by atoms with Crippen molar-refractivity contribution in [1.82, 2.24) is 0 Å². The third kappa shape index (κ3) is 2.57. The molecular weight excluding hydrogens is 295 g/mol. The number of hydrogen-bond donors (Lipinski definition) is 1. The smallest absolute Gasteiger partial charge is 0.165 e. The standard InChI is InChI=1S/C16H14ClFO3/c1-20-14-7-9(2-3-13(14)18)15(19)12-8-11(17)6-10-4-5-21-16(10)12/h2-3,6-8,15,19H,4-5H2,1H3. The van der Waals surface area contributed by atoms with Crippen molar-refractivity contribution in [2.24, 2.45) is 0 Å². The number of benzene rings is 2. The summed E-state index contributed by atoms with van der Waals surface area (Å²) >= 11 is 6.09. The molecule has 3 nitrogen and oxygen atoms in total. The zero-order valence-electron chi connectivity index (χ0n) is 11.4. The van der Waals surface area contributed by atoms with Crippen molar-refractivity contribution in [3.63, 3.8) is 0 Å². The van der Waals surface area contributed by atoms with Crippen LogP contribution in [0.1, 0.15) is 22.8 Å². The SMILES string of the molecule is COc1cc(C(O)c2cc(Cl)cc3c2OCC3)ccc1F. The minimum atomic E-state index is -0.954. The molecule has 0 aliphatic carbocycles. The highest BCUT2D eigenvalue weighted by molar-refractivity contribution is 6.30. The van der Waals surface area contributed by atoms with Crippen LogP contribution in [0.5, 0.6) is 11.5 Å². The van der Waals surface area contributed by atoms with E-state index in [0.29, 0.717) is 28.5 Å². The molecule has 2 aromatic rings. The van der Waals surface area contributed by atoms with E-state index in [2.05, 4.69) is 0 Å². The molecule has 1 atom stereocenters. The average Bonchev–Trinajstić information content (AvgIpc) is 2.94. The van der Waals surface area contributed by atoms with E-state index >= 15 is 0 Å². The van der Waals surface area contributed by atoms with Gasteiger partial charge in [0, 0.05) is 17.0 Å². The van der Waals surface area contributed by atoms with E-state index in [1.165, 1.54) is 25.3 Å². The maximum atomic E-state index is 13.5. The summed E-state index contributed by atoms with van der Waals surface area (Å²) in [6.45, 7) is 0.572. The van der Waals surface area contributed by atoms with E-state index in [1.807, 2.05) is 6.07 Å². The first-order chi connectivity index (χ1) is 10.1. The molecule has 0 saturated carbocycles. The van der Waals surface area contributed by atoms with Gasteiger partial charge in [0.25, 0.3) is 0 Å². The van der Waals surface area contributed by atoms with Crippen LogP contribution >= 0.6 is 11.6 Å². The molecule has 1 unspecified atom stereocenters. The molecule has 110 valence electrons. The van der Waals surface area contributed by atoms with Gasteiger partial charge in [-0.25, -0.2) is 4.39 Å². The Bertz CT molecular complexity index is 687. The number of aliphatic hydroxyl groups is 1. The lowest BCUT2D eigenvalue weighted by Gasteiger charge is -2.16. The molecule has 1 N–H and O–H groups in total. The van der Waals surface area contributed by atoms with Crippen molar-refractivity contribution < 1.29 is 19.0 Å². The quantitative estimate of drug-likeness (QED) is 0.943. The molecule has 0 aromatic heterocycles. The van der Waals surface area contributed by atoms with Crippen LogP contribution in [0.25, 0.3) is 0 Å². The van der Waals surface area contributed by atoms with Crippen molar-refractivity contribution in [3.8, 4) is 11.5 Å². The van der Waals surface area contributed by atoms with Crippen molar-refractivity contribution in [3.05, 3.63) is 57.9 Å². The minimum Gasteiger partial charge on any atom is -0.494 e. The molecule has 0 fully saturated rings. The van der Waals surface area contributed by atoms with Crippen LogP contribution in [0.15, 0.2) is 30.3 Å². The third-order valence-corrected chi connectivity index (χ3v) is 3.78. The summed E-state index contributed by atoms with van der Waals surface area (Å²) in [6.07, 6.45) is -0.187. The zero-order chi connectivity index (χ0) is 15.0. The minimum absolute atomic E-state index is 0.0890. The van der Waals surface area contributed by atoms with E-state index in [9.17, 15) is 9.50 Å². The summed E-state index contributed by atoms with van der Waals surface area (Å²) in [5, 5.41) is 11.1. The van der Waals surface area contributed by atoms with Gasteiger partial charge in [-0.2, -0.15) is 0 Å². The Balaban J connectivity index is 2.05. The van der Waals surface area contributed by atoms with Crippen molar-refractivity contribution in [2.45, 2.75) is 12.5 Å². The average molecular weight is 309 g/mol. The maximum absolute atomic E-state index is 13.5. The molecular formula is C16H14ClFO3. The molecule has 1 aliphatic heterocycles. The van der Waals surface area contributed by atoms with E-state index in [0.717, 1.165) is 12.0 Å². The molecule has 0 amide bonds. The van der Waals surface area contributed by atoms with Crippen LogP contribution in [0, 0.1) is 5.82 Å². The highest BCUT2D eigenvalue weighted by atomic mass is 35.5. The van der Waals surface area contributed by atoms with Gasteiger partial charge in [0.15, 0.2) is 11.6 Å². The lowest BCUT2D eigenvalue weighted by molar-refractivity contribution is 0.213. The molecule has 0 saturated heterocycles. The predicted octanol–water partition coefficient (Wildman–Crippen LogP) is 3.50. The normalized spacial score (nSPS) is 14.5. The fraction of sp³-hybridized carbons (Fsp3) is 0.250. The first-order valence-electron chi connectivity index (χ1n) is 6.56. The Hall–Kier alpha value is -1.78. The van der Waals surface area contributed by atoms with Gasteiger partial charge in [0.05, 0.1) is 13.7 Å². The van der Waals surface area contributed by atoms with E-state index < -0.39 is 11.9 Å². The van der Waals surface area contributed by atoms with Gasteiger partial charge in [-0.1, -0.05) is 17.7 Å². The molecule has 3 rings (SSSR count). The summed E-state index contributed by atoms with van der Waals surface area (Å²) in [5.74, 6) is 0.280. The summed E-state index contributed by atoms with van der Waals surface area (Å²) in [6, 6.07) is 7.77. The Kier molecular flexibility index (Phi) is 3.74. The van der Waals surface area contributed by atoms with E-state index in [1.54, 1.807) is 6.07 Å². The second-order valence-electron chi connectivity index (χ2n) is 4.88. The number of halogens is 2. The van der Waals surface area contributed by atoms with Crippen LogP contribution in [-0.4, -0.2) is 18.8 Å². The number of aliphatic hydroxyl groups excluding tert-OH is 1. The Morgan fingerprint density at radius 3 is 2.90 bits per heavy atom.